The molecule has 0 bridgehead atoms. The maximum absolute atomic E-state index is 3.55. The van der Waals surface area contributed by atoms with E-state index in [1.54, 1.807) is 0 Å². The summed E-state index contributed by atoms with van der Waals surface area (Å²) >= 11 is 0. The summed E-state index contributed by atoms with van der Waals surface area (Å²) in [5, 5.41) is 6.20. The van der Waals surface area contributed by atoms with Crippen LogP contribution in [0.2, 0.25) is 0 Å². The van der Waals surface area contributed by atoms with E-state index in [-0.39, 0.29) is 0 Å². The molecular weight excluding hydrogens is 256 g/mol. The molecule has 2 aromatic rings. The Balaban J connectivity index is 1.68. The summed E-state index contributed by atoms with van der Waals surface area (Å²) in [6.45, 7) is 7.74. The second-order valence-electron chi connectivity index (χ2n) is 6.14. The van der Waals surface area contributed by atoms with Crippen molar-refractivity contribution in [2.75, 3.05) is 20.1 Å². The number of rotatable bonds is 8. The third-order valence-electron chi connectivity index (χ3n) is 4.14. The summed E-state index contributed by atoms with van der Waals surface area (Å²) in [7, 11) is 2.20. The van der Waals surface area contributed by atoms with Crippen LogP contribution in [-0.2, 0) is 6.54 Å². The minimum atomic E-state index is 0.649. The third-order valence-corrected chi connectivity index (χ3v) is 4.14. The van der Waals surface area contributed by atoms with E-state index in [2.05, 4.69) is 73.6 Å². The van der Waals surface area contributed by atoms with Gasteiger partial charge in [-0.25, -0.2) is 0 Å². The molecule has 0 radical (unpaired) electrons. The van der Waals surface area contributed by atoms with Gasteiger partial charge in [-0.3, -0.25) is 0 Å². The zero-order valence-corrected chi connectivity index (χ0v) is 13.6. The van der Waals surface area contributed by atoms with Crippen LogP contribution in [0.1, 0.15) is 32.3 Å². The van der Waals surface area contributed by atoms with Crippen molar-refractivity contribution < 1.29 is 0 Å². The predicted molar refractivity (Wildman–Crippen MR) is 92.7 cm³/mol. The van der Waals surface area contributed by atoms with Gasteiger partial charge >= 0.3 is 0 Å². The monoisotopic (exact) mass is 284 g/mol. The lowest BCUT2D eigenvalue weighted by Crippen LogP contribution is -2.27. The molecule has 0 spiro atoms. The van der Waals surface area contributed by atoms with Crippen molar-refractivity contribution in [3.05, 3.63) is 48.0 Å². The summed E-state index contributed by atoms with van der Waals surface area (Å²) in [5.74, 6) is 0. The third kappa shape index (κ3) is 5.14. The Hall–Kier alpha value is -1.38. The highest BCUT2D eigenvalue weighted by molar-refractivity contribution is 5.82. The molecule has 0 aliphatic carbocycles. The van der Waals surface area contributed by atoms with Gasteiger partial charge in [-0.15, -0.1) is 0 Å². The van der Waals surface area contributed by atoms with Crippen LogP contribution in [0.4, 0.5) is 0 Å². The van der Waals surface area contributed by atoms with Crippen molar-refractivity contribution in [2.45, 2.75) is 39.3 Å². The van der Waals surface area contributed by atoms with Crippen molar-refractivity contribution in [2.24, 2.45) is 0 Å². The molecular formula is C19H28N2. The Bertz CT molecular complexity index is 548. The van der Waals surface area contributed by atoms with Gasteiger partial charge in [-0.2, -0.15) is 0 Å². The van der Waals surface area contributed by atoms with E-state index in [0.29, 0.717) is 6.04 Å². The number of hydrogen-bond donors (Lipinski definition) is 1. The molecule has 1 N–H and O–H groups in total. The first kappa shape index (κ1) is 16.0. The molecule has 2 heteroatoms. The van der Waals surface area contributed by atoms with Gasteiger partial charge in [-0.1, -0.05) is 36.4 Å². The van der Waals surface area contributed by atoms with Gasteiger partial charge in [0, 0.05) is 12.6 Å². The summed E-state index contributed by atoms with van der Waals surface area (Å²) in [5.41, 5.74) is 1.37. The SMILES string of the molecule is CC(C)N(C)CCCCNCc1ccc2ccccc2c1. The highest BCUT2D eigenvalue weighted by Crippen LogP contribution is 2.15. The predicted octanol–water partition coefficient (Wildman–Crippen LogP) is 4.05. The van der Waals surface area contributed by atoms with Crippen molar-refractivity contribution in [1.29, 1.82) is 0 Å². The minimum absolute atomic E-state index is 0.649. The average molecular weight is 284 g/mol. The van der Waals surface area contributed by atoms with E-state index < -0.39 is 0 Å². The zero-order valence-electron chi connectivity index (χ0n) is 13.6. The van der Waals surface area contributed by atoms with E-state index in [9.17, 15) is 0 Å². The van der Waals surface area contributed by atoms with Crippen LogP contribution in [0, 0.1) is 0 Å². The molecule has 0 unspecified atom stereocenters. The standard InChI is InChI=1S/C19H28N2/c1-16(2)21(3)13-7-6-12-20-15-17-10-11-18-8-4-5-9-19(18)14-17/h4-5,8-11,14,16,20H,6-7,12-13,15H2,1-3H3. The lowest BCUT2D eigenvalue weighted by atomic mass is 10.1. The van der Waals surface area contributed by atoms with Crippen molar-refractivity contribution in [1.82, 2.24) is 10.2 Å². The largest absolute Gasteiger partial charge is 0.313 e. The van der Waals surface area contributed by atoms with Crippen molar-refractivity contribution in [3.8, 4) is 0 Å². The molecule has 2 nitrogen and oxygen atoms in total. The quantitative estimate of drug-likeness (QED) is 0.736. The number of unbranched alkanes of at least 4 members (excludes halogenated alkanes) is 1. The Labute approximate surface area is 129 Å². The van der Waals surface area contributed by atoms with E-state index in [1.165, 1.54) is 35.7 Å². The van der Waals surface area contributed by atoms with Gasteiger partial charge in [0.15, 0.2) is 0 Å². The molecule has 0 aromatic heterocycles. The molecule has 2 aromatic carbocycles. The zero-order chi connectivity index (χ0) is 15.1. The van der Waals surface area contributed by atoms with Crippen LogP contribution in [0.3, 0.4) is 0 Å². The van der Waals surface area contributed by atoms with Gasteiger partial charge < -0.3 is 10.2 Å². The Morgan fingerprint density at radius 1 is 1.00 bits per heavy atom. The minimum Gasteiger partial charge on any atom is -0.313 e. The van der Waals surface area contributed by atoms with Crippen LogP contribution in [0.25, 0.3) is 10.8 Å². The van der Waals surface area contributed by atoms with Crippen LogP contribution < -0.4 is 5.32 Å². The molecule has 0 aliphatic heterocycles. The summed E-state index contributed by atoms with van der Waals surface area (Å²) < 4.78 is 0. The molecule has 0 aliphatic rings. The lowest BCUT2D eigenvalue weighted by molar-refractivity contribution is 0.268. The lowest BCUT2D eigenvalue weighted by Gasteiger charge is -2.20. The molecule has 0 heterocycles. The summed E-state index contributed by atoms with van der Waals surface area (Å²) in [6, 6.07) is 15.9. The maximum atomic E-state index is 3.55. The molecule has 21 heavy (non-hydrogen) atoms. The smallest absolute Gasteiger partial charge is 0.0205 e. The van der Waals surface area contributed by atoms with E-state index in [1.807, 2.05) is 0 Å². The first-order valence-corrected chi connectivity index (χ1v) is 8.05. The van der Waals surface area contributed by atoms with Gasteiger partial charge in [-0.05, 0) is 69.2 Å². The van der Waals surface area contributed by atoms with Crippen LogP contribution in [-0.4, -0.2) is 31.1 Å². The number of nitrogens with one attached hydrogen (secondary N) is 1. The molecule has 0 saturated carbocycles. The van der Waals surface area contributed by atoms with Crippen molar-refractivity contribution in [3.63, 3.8) is 0 Å². The number of nitrogens with zero attached hydrogens (tertiary/aromatic N) is 1. The number of fused-ring (bicyclic) bond motifs is 1. The van der Waals surface area contributed by atoms with Gasteiger partial charge in [0.25, 0.3) is 0 Å². The maximum Gasteiger partial charge on any atom is 0.0205 e. The summed E-state index contributed by atoms with van der Waals surface area (Å²) in [4.78, 5) is 2.41. The highest BCUT2D eigenvalue weighted by Gasteiger charge is 2.01. The number of hydrogen-bond acceptors (Lipinski definition) is 2. The topological polar surface area (TPSA) is 15.3 Å². The van der Waals surface area contributed by atoms with E-state index in [4.69, 9.17) is 0 Å². The first-order chi connectivity index (χ1) is 10.2. The first-order valence-electron chi connectivity index (χ1n) is 8.05. The van der Waals surface area contributed by atoms with Gasteiger partial charge in [0.05, 0.1) is 0 Å². The highest BCUT2D eigenvalue weighted by atomic mass is 15.1. The normalized spacial score (nSPS) is 11.7. The second kappa shape index (κ2) is 8.16. The fraction of sp³-hybridized carbons (Fsp3) is 0.474. The van der Waals surface area contributed by atoms with Crippen LogP contribution in [0.15, 0.2) is 42.5 Å². The second-order valence-corrected chi connectivity index (χ2v) is 6.14. The molecule has 0 atom stereocenters. The van der Waals surface area contributed by atoms with Crippen LogP contribution >= 0.6 is 0 Å². The van der Waals surface area contributed by atoms with E-state index in [0.717, 1.165) is 13.1 Å². The van der Waals surface area contributed by atoms with Gasteiger partial charge in [0.1, 0.15) is 0 Å². The van der Waals surface area contributed by atoms with Crippen molar-refractivity contribution >= 4 is 10.8 Å². The molecule has 114 valence electrons. The Kier molecular flexibility index (Phi) is 6.21. The molecule has 0 fully saturated rings. The molecule has 0 saturated heterocycles. The molecule has 2 rings (SSSR count). The average Bonchev–Trinajstić information content (AvgIpc) is 2.50. The molecule has 0 amide bonds. The summed E-state index contributed by atoms with van der Waals surface area (Å²) in [6.07, 6.45) is 2.50. The van der Waals surface area contributed by atoms with Crippen LogP contribution in [0.5, 0.6) is 0 Å². The Morgan fingerprint density at radius 3 is 2.52 bits per heavy atom. The Morgan fingerprint density at radius 2 is 1.76 bits per heavy atom. The number of benzene rings is 2. The van der Waals surface area contributed by atoms with E-state index >= 15 is 0 Å². The fourth-order valence-corrected chi connectivity index (χ4v) is 2.45. The van der Waals surface area contributed by atoms with Gasteiger partial charge in [0.2, 0.25) is 0 Å². The fourth-order valence-electron chi connectivity index (χ4n) is 2.45.